The Labute approximate surface area is 139 Å². The highest BCUT2D eigenvalue weighted by molar-refractivity contribution is 7.13. The van der Waals surface area contributed by atoms with E-state index in [4.69, 9.17) is 4.74 Å². The molecule has 2 aromatic rings. The number of amides is 1. The van der Waals surface area contributed by atoms with Gasteiger partial charge < -0.3 is 14.5 Å². The van der Waals surface area contributed by atoms with Crippen LogP contribution < -0.4 is 9.64 Å². The van der Waals surface area contributed by atoms with E-state index in [2.05, 4.69) is 16.0 Å². The summed E-state index contributed by atoms with van der Waals surface area (Å²) in [5.41, 5.74) is 1.14. The molecule has 1 aromatic heterocycles. The second-order valence-electron chi connectivity index (χ2n) is 5.95. The van der Waals surface area contributed by atoms with E-state index in [0.29, 0.717) is 6.61 Å². The minimum atomic E-state index is -0.0590. The molecule has 0 radical (unpaired) electrons. The second kappa shape index (κ2) is 6.20. The third kappa shape index (κ3) is 2.91. The Morgan fingerprint density at radius 1 is 1.22 bits per heavy atom. The summed E-state index contributed by atoms with van der Waals surface area (Å²) in [5.74, 6) is 1.08. The summed E-state index contributed by atoms with van der Waals surface area (Å²) in [6, 6.07) is 8.00. The molecule has 1 amide bonds. The molecule has 0 unspecified atom stereocenters. The van der Waals surface area contributed by atoms with Crippen LogP contribution in [-0.4, -0.2) is 48.6 Å². The normalized spacial score (nSPS) is 20.8. The van der Waals surface area contributed by atoms with Crippen molar-refractivity contribution in [2.75, 3.05) is 37.7 Å². The number of ether oxygens (including phenoxy) is 1. The van der Waals surface area contributed by atoms with Crippen molar-refractivity contribution in [1.29, 1.82) is 0 Å². The van der Waals surface area contributed by atoms with Gasteiger partial charge in [0.2, 0.25) is 5.91 Å². The highest BCUT2D eigenvalue weighted by atomic mass is 32.1. The van der Waals surface area contributed by atoms with Crippen LogP contribution in [0.5, 0.6) is 5.75 Å². The average molecular weight is 329 g/mol. The van der Waals surface area contributed by atoms with Gasteiger partial charge >= 0.3 is 0 Å². The predicted molar refractivity (Wildman–Crippen MR) is 90.0 cm³/mol. The van der Waals surface area contributed by atoms with Crippen LogP contribution in [0, 0.1) is 5.92 Å². The van der Waals surface area contributed by atoms with Gasteiger partial charge in [-0.1, -0.05) is 18.2 Å². The van der Waals surface area contributed by atoms with Gasteiger partial charge in [0.1, 0.15) is 12.4 Å². The first-order chi connectivity index (χ1) is 11.3. The topological polar surface area (TPSA) is 45.7 Å². The third-order valence-corrected chi connectivity index (χ3v) is 5.34. The first-order valence-electron chi connectivity index (χ1n) is 7.95. The molecule has 1 fully saturated rings. The van der Waals surface area contributed by atoms with Crippen LogP contribution in [0.4, 0.5) is 5.13 Å². The zero-order valence-corrected chi connectivity index (χ0v) is 13.7. The van der Waals surface area contributed by atoms with E-state index < -0.39 is 0 Å². The number of rotatable bonds is 2. The number of carbonyl (C=O) groups excluding carboxylic acids is 1. The lowest BCUT2D eigenvalue weighted by molar-refractivity contribution is -0.137. The van der Waals surface area contributed by atoms with Gasteiger partial charge in [0.15, 0.2) is 5.13 Å². The Balaban J connectivity index is 1.37. The maximum absolute atomic E-state index is 12.8. The van der Waals surface area contributed by atoms with Gasteiger partial charge in [0, 0.05) is 37.8 Å². The predicted octanol–water partition coefficient (Wildman–Crippen LogP) is 2.04. The molecule has 1 saturated heterocycles. The molecule has 6 heteroatoms. The van der Waals surface area contributed by atoms with Crippen LogP contribution in [0.25, 0.3) is 0 Å². The van der Waals surface area contributed by atoms with Crippen LogP contribution in [0.15, 0.2) is 35.8 Å². The van der Waals surface area contributed by atoms with E-state index in [1.807, 2.05) is 34.7 Å². The van der Waals surface area contributed by atoms with E-state index in [0.717, 1.165) is 49.0 Å². The molecule has 120 valence electrons. The SMILES string of the molecule is O=C([C@H]1COc2ccccc2C1)N1CCN(c2nccs2)CC1. The first-order valence-corrected chi connectivity index (χ1v) is 8.83. The van der Waals surface area contributed by atoms with E-state index >= 15 is 0 Å². The number of hydrogen-bond donors (Lipinski definition) is 0. The molecule has 3 heterocycles. The number of carbonyl (C=O) groups is 1. The monoisotopic (exact) mass is 329 g/mol. The minimum absolute atomic E-state index is 0.0590. The van der Waals surface area contributed by atoms with Crippen molar-refractivity contribution in [1.82, 2.24) is 9.88 Å². The van der Waals surface area contributed by atoms with Crippen molar-refractivity contribution in [2.24, 2.45) is 5.92 Å². The lowest BCUT2D eigenvalue weighted by Crippen LogP contribution is -2.51. The van der Waals surface area contributed by atoms with Crippen molar-refractivity contribution >= 4 is 22.4 Å². The Morgan fingerprint density at radius 3 is 2.83 bits per heavy atom. The number of fused-ring (bicyclic) bond motifs is 1. The molecule has 2 aliphatic heterocycles. The van der Waals surface area contributed by atoms with Crippen molar-refractivity contribution in [3.05, 3.63) is 41.4 Å². The van der Waals surface area contributed by atoms with Gasteiger partial charge in [0.05, 0.1) is 5.92 Å². The quantitative estimate of drug-likeness (QED) is 0.846. The van der Waals surface area contributed by atoms with E-state index in [9.17, 15) is 4.79 Å². The number of aromatic nitrogens is 1. The molecule has 0 aliphatic carbocycles. The molecule has 1 atom stereocenters. The molecular weight excluding hydrogens is 310 g/mol. The fraction of sp³-hybridized carbons (Fsp3) is 0.412. The fourth-order valence-electron chi connectivity index (χ4n) is 3.24. The Kier molecular flexibility index (Phi) is 3.91. The second-order valence-corrected chi connectivity index (χ2v) is 6.82. The third-order valence-electron chi connectivity index (χ3n) is 4.51. The van der Waals surface area contributed by atoms with Crippen LogP contribution in [0.2, 0.25) is 0 Å². The lowest BCUT2D eigenvalue weighted by Gasteiger charge is -2.37. The van der Waals surface area contributed by atoms with Gasteiger partial charge in [-0.15, -0.1) is 11.3 Å². The van der Waals surface area contributed by atoms with Crippen LogP contribution in [-0.2, 0) is 11.2 Å². The standard InChI is InChI=1S/C17H19N3O2S/c21-16(14-11-13-3-1-2-4-15(13)22-12-14)19-6-8-20(9-7-19)17-18-5-10-23-17/h1-5,10,14H,6-9,11-12H2/t14-/m1/s1. The highest BCUT2D eigenvalue weighted by Gasteiger charge is 2.31. The molecular formula is C17H19N3O2S. The van der Waals surface area contributed by atoms with Crippen LogP contribution >= 0.6 is 11.3 Å². The summed E-state index contributed by atoms with van der Waals surface area (Å²) in [4.78, 5) is 21.3. The van der Waals surface area contributed by atoms with Crippen molar-refractivity contribution < 1.29 is 9.53 Å². The number of para-hydroxylation sites is 1. The van der Waals surface area contributed by atoms with Crippen molar-refractivity contribution in [3.63, 3.8) is 0 Å². The smallest absolute Gasteiger partial charge is 0.229 e. The number of anilines is 1. The molecule has 0 bridgehead atoms. The van der Waals surface area contributed by atoms with Gasteiger partial charge in [-0.2, -0.15) is 0 Å². The molecule has 0 spiro atoms. The average Bonchev–Trinajstić information content (AvgIpc) is 3.15. The summed E-state index contributed by atoms with van der Waals surface area (Å²) in [7, 11) is 0. The fourth-order valence-corrected chi connectivity index (χ4v) is 3.93. The summed E-state index contributed by atoms with van der Waals surface area (Å²) in [5, 5.41) is 3.04. The zero-order valence-electron chi connectivity index (χ0n) is 12.9. The number of benzene rings is 1. The van der Waals surface area contributed by atoms with Crippen LogP contribution in [0.1, 0.15) is 5.56 Å². The molecule has 1 aromatic carbocycles. The summed E-state index contributed by atoms with van der Waals surface area (Å²) >= 11 is 1.65. The molecule has 2 aliphatic rings. The number of piperazine rings is 1. The first kappa shape index (κ1) is 14.5. The van der Waals surface area contributed by atoms with E-state index in [1.165, 1.54) is 0 Å². The molecule has 23 heavy (non-hydrogen) atoms. The minimum Gasteiger partial charge on any atom is -0.492 e. The molecule has 5 nitrogen and oxygen atoms in total. The van der Waals surface area contributed by atoms with Gasteiger partial charge in [-0.05, 0) is 18.1 Å². The van der Waals surface area contributed by atoms with Crippen molar-refractivity contribution in [2.45, 2.75) is 6.42 Å². The largest absolute Gasteiger partial charge is 0.492 e. The van der Waals surface area contributed by atoms with Crippen molar-refractivity contribution in [3.8, 4) is 5.75 Å². The number of hydrogen-bond acceptors (Lipinski definition) is 5. The highest BCUT2D eigenvalue weighted by Crippen LogP contribution is 2.28. The zero-order chi connectivity index (χ0) is 15.6. The summed E-state index contributed by atoms with van der Waals surface area (Å²) in [6.07, 6.45) is 2.61. The van der Waals surface area contributed by atoms with Gasteiger partial charge in [-0.3, -0.25) is 4.79 Å². The van der Waals surface area contributed by atoms with E-state index in [1.54, 1.807) is 11.3 Å². The Bertz CT molecular complexity index is 681. The van der Waals surface area contributed by atoms with Gasteiger partial charge in [-0.25, -0.2) is 4.98 Å². The number of nitrogens with zero attached hydrogens (tertiary/aromatic N) is 3. The summed E-state index contributed by atoms with van der Waals surface area (Å²) < 4.78 is 5.76. The summed E-state index contributed by atoms with van der Waals surface area (Å²) in [6.45, 7) is 3.71. The lowest BCUT2D eigenvalue weighted by atomic mass is 9.95. The molecule has 0 N–H and O–H groups in total. The maximum Gasteiger partial charge on any atom is 0.229 e. The van der Waals surface area contributed by atoms with E-state index in [-0.39, 0.29) is 11.8 Å². The molecule has 0 saturated carbocycles. The van der Waals surface area contributed by atoms with Gasteiger partial charge in [0.25, 0.3) is 0 Å². The number of thiazole rings is 1. The Hall–Kier alpha value is -2.08. The van der Waals surface area contributed by atoms with Crippen LogP contribution in [0.3, 0.4) is 0 Å². The molecule has 4 rings (SSSR count). The maximum atomic E-state index is 12.8. The Morgan fingerprint density at radius 2 is 2.04 bits per heavy atom.